The Labute approximate surface area is 219 Å². The lowest BCUT2D eigenvalue weighted by atomic mass is 10.1. The molecule has 2 heterocycles. The smallest absolute Gasteiger partial charge is 0.338 e. The van der Waals surface area contributed by atoms with Crippen LogP contribution in [0.1, 0.15) is 40.5 Å². The number of nitrogens with one attached hydrogen (secondary N) is 2. The van der Waals surface area contributed by atoms with Crippen LogP contribution in [0.25, 0.3) is 0 Å². The highest BCUT2D eigenvalue weighted by Gasteiger charge is 2.24. The minimum absolute atomic E-state index is 0.000559. The first kappa shape index (κ1) is 26.3. The highest BCUT2D eigenvalue weighted by atomic mass is 32.1. The van der Waals surface area contributed by atoms with Crippen molar-refractivity contribution in [2.45, 2.75) is 19.8 Å². The van der Waals surface area contributed by atoms with Gasteiger partial charge in [0.2, 0.25) is 0 Å². The number of ether oxygens (including phenoxy) is 2. The predicted molar refractivity (Wildman–Crippen MR) is 144 cm³/mol. The van der Waals surface area contributed by atoms with Crippen LogP contribution in [0.15, 0.2) is 36.4 Å². The van der Waals surface area contributed by atoms with E-state index in [2.05, 4.69) is 15.5 Å². The van der Waals surface area contributed by atoms with E-state index in [1.807, 2.05) is 4.90 Å². The van der Waals surface area contributed by atoms with Crippen molar-refractivity contribution in [3.8, 4) is 0 Å². The molecule has 0 atom stereocenters. The molecule has 1 amide bonds. The molecule has 2 fully saturated rings. The summed E-state index contributed by atoms with van der Waals surface area (Å²) in [5.41, 5.74) is 2.28. The molecule has 4 rings (SSSR count). The topological polar surface area (TPSA) is 126 Å². The van der Waals surface area contributed by atoms with Gasteiger partial charge in [-0.05, 0) is 56.2 Å². The normalized spacial score (nSPS) is 15.3. The Morgan fingerprint density at radius 3 is 2.41 bits per heavy atom. The number of non-ortho nitro benzene ring substituents is 1. The molecule has 12 heteroatoms. The number of carbonyl (C=O) groups is 2. The number of nitrogens with zero attached hydrogens (tertiary/aromatic N) is 3. The summed E-state index contributed by atoms with van der Waals surface area (Å²) < 4.78 is 10.6. The van der Waals surface area contributed by atoms with Crippen LogP contribution in [0.3, 0.4) is 0 Å². The van der Waals surface area contributed by atoms with Crippen molar-refractivity contribution < 1.29 is 24.0 Å². The first-order valence-electron chi connectivity index (χ1n) is 12.2. The lowest BCUT2D eigenvalue weighted by Gasteiger charge is -2.31. The first-order valence-corrected chi connectivity index (χ1v) is 12.6. The summed E-state index contributed by atoms with van der Waals surface area (Å²) in [5.74, 6) is -1.03. The summed E-state index contributed by atoms with van der Waals surface area (Å²) >= 11 is 5.45. The van der Waals surface area contributed by atoms with Crippen LogP contribution < -0.4 is 20.4 Å². The summed E-state index contributed by atoms with van der Waals surface area (Å²) in [6.45, 7) is 5.93. The first-order chi connectivity index (χ1) is 17.9. The average Bonchev–Trinajstić information content (AvgIpc) is 3.44. The molecule has 2 N–H and O–H groups in total. The molecule has 0 aromatic heterocycles. The molecule has 2 aliphatic heterocycles. The fraction of sp³-hybridized carbons (Fsp3) is 0.400. The molecule has 0 unspecified atom stereocenters. The Morgan fingerprint density at radius 1 is 1.05 bits per heavy atom. The van der Waals surface area contributed by atoms with Crippen molar-refractivity contribution in [2.75, 3.05) is 61.1 Å². The second-order valence-corrected chi connectivity index (χ2v) is 9.02. The van der Waals surface area contributed by atoms with Gasteiger partial charge in [0.25, 0.3) is 11.6 Å². The Bertz CT molecular complexity index is 1190. The van der Waals surface area contributed by atoms with Crippen LogP contribution in [0, 0.1) is 10.1 Å². The quantitative estimate of drug-likeness (QED) is 0.240. The number of hydrogen-bond donors (Lipinski definition) is 2. The van der Waals surface area contributed by atoms with Gasteiger partial charge in [-0.1, -0.05) is 0 Å². The maximum Gasteiger partial charge on any atom is 0.338 e. The molecule has 2 saturated heterocycles. The van der Waals surface area contributed by atoms with E-state index in [0.717, 1.165) is 31.6 Å². The summed E-state index contributed by atoms with van der Waals surface area (Å²) in [6, 6.07) is 9.39. The molecule has 11 nitrogen and oxygen atoms in total. The molecule has 196 valence electrons. The van der Waals surface area contributed by atoms with E-state index >= 15 is 0 Å². The van der Waals surface area contributed by atoms with Gasteiger partial charge in [-0.15, -0.1) is 0 Å². The monoisotopic (exact) mass is 527 g/mol. The van der Waals surface area contributed by atoms with Crippen LogP contribution >= 0.6 is 12.2 Å². The minimum Gasteiger partial charge on any atom is -0.462 e. The zero-order chi connectivity index (χ0) is 26.4. The third-order valence-electron chi connectivity index (χ3n) is 6.22. The van der Waals surface area contributed by atoms with Gasteiger partial charge >= 0.3 is 5.97 Å². The number of morpholine rings is 1. The maximum atomic E-state index is 13.3. The molecule has 2 aromatic rings. The van der Waals surface area contributed by atoms with Gasteiger partial charge < -0.3 is 24.6 Å². The zero-order valence-corrected chi connectivity index (χ0v) is 21.3. The second-order valence-electron chi connectivity index (χ2n) is 8.61. The standard InChI is InChI=1S/C25H29N5O6S/c1-2-36-24(32)17-5-7-22(29-11-13-35-14-12-29)20(15-17)26-25(37)27-23(31)19-16-18(30(33)34)6-8-21(19)28-9-3-4-10-28/h5-8,15-16H,2-4,9-14H2,1H3,(H2,26,27,31,37). The van der Waals surface area contributed by atoms with Gasteiger partial charge in [-0.25, -0.2) is 4.79 Å². The Balaban J connectivity index is 1.58. The maximum absolute atomic E-state index is 13.3. The SMILES string of the molecule is CCOC(=O)c1ccc(N2CCOCC2)c(NC(=S)NC(=O)c2cc([N+](=O)[O-])ccc2N2CCCC2)c1. The van der Waals surface area contributed by atoms with E-state index < -0.39 is 16.8 Å². The fourth-order valence-corrected chi connectivity index (χ4v) is 4.64. The highest BCUT2D eigenvalue weighted by Crippen LogP contribution is 2.30. The van der Waals surface area contributed by atoms with Crippen molar-refractivity contribution in [2.24, 2.45) is 0 Å². The van der Waals surface area contributed by atoms with Crippen molar-refractivity contribution >= 4 is 52.0 Å². The van der Waals surface area contributed by atoms with Crippen LogP contribution in [0.4, 0.5) is 22.7 Å². The van der Waals surface area contributed by atoms with E-state index in [1.165, 1.54) is 12.1 Å². The van der Waals surface area contributed by atoms with E-state index in [0.29, 0.717) is 43.2 Å². The largest absolute Gasteiger partial charge is 0.462 e. The van der Waals surface area contributed by atoms with E-state index in [9.17, 15) is 19.7 Å². The van der Waals surface area contributed by atoms with Gasteiger partial charge in [0.1, 0.15) is 0 Å². The number of carbonyl (C=O) groups excluding carboxylic acids is 2. The number of nitro benzene ring substituents is 1. The molecule has 0 spiro atoms. The van der Waals surface area contributed by atoms with Crippen molar-refractivity contribution in [1.29, 1.82) is 0 Å². The molecule has 0 radical (unpaired) electrons. The summed E-state index contributed by atoms with van der Waals surface area (Å²) in [7, 11) is 0. The van der Waals surface area contributed by atoms with Gasteiger partial charge in [0.05, 0.1) is 52.9 Å². The minimum atomic E-state index is -0.558. The molecule has 0 aliphatic carbocycles. The zero-order valence-electron chi connectivity index (χ0n) is 20.5. The Morgan fingerprint density at radius 2 is 1.73 bits per heavy atom. The lowest BCUT2D eigenvalue weighted by molar-refractivity contribution is -0.384. The lowest BCUT2D eigenvalue weighted by Crippen LogP contribution is -2.38. The summed E-state index contributed by atoms with van der Waals surface area (Å²) in [4.78, 5) is 40.6. The number of amides is 1. The summed E-state index contributed by atoms with van der Waals surface area (Å²) in [5, 5.41) is 17.0. The van der Waals surface area contributed by atoms with Gasteiger partial charge in [-0.3, -0.25) is 20.2 Å². The number of anilines is 3. The third-order valence-corrected chi connectivity index (χ3v) is 6.42. The number of rotatable bonds is 7. The van der Waals surface area contributed by atoms with Gasteiger partial charge in [0, 0.05) is 38.3 Å². The number of esters is 1. The summed E-state index contributed by atoms with van der Waals surface area (Å²) in [6.07, 6.45) is 1.97. The van der Waals surface area contributed by atoms with Crippen LogP contribution in [-0.2, 0) is 9.47 Å². The van der Waals surface area contributed by atoms with Gasteiger partial charge in [0.15, 0.2) is 5.11 Å². The number of hydrogen-bond acceptors (Lipinski definition) is 9. The van der Waals surface area contributed by atoms with E-state index in [4.69, 9.17) is 21.7 Å². The molecule has 0 saturated carbocycles. The Kier molecular flexibility index (Phi) is 8.51. The predicted octanol–water partition coefficient (Wildman–Crippen LogP) is 3.34. The highest BCUT2D eigenvalue weighted by molar-refractivity contribution is 7.80. The molecule has 2 aliphatic rings. The Hall–Kier alpha value is -3.77. The molecular formula is C25H29N5O6S. The number of nitro groups is 1. The third kappa shape index (κ3) is 6.33. The van der Waals surface area contributed by atoms with Crippen LogP contribution in [0.5, 0.6) is 0 Å². The van der Waals surface area contributed by atoms with E-state index in [1.54, 1.807) is 31.2 Å². The molecule has 37 heavy (non-hydrogen) atoms. The number of benzene rings is 2. The molecule has 0 bridgehead atoms. The van der Waals surface area contributed by atoms with Crippen molar-refractivity contribution in [3.63, 3.8) is 0 Å². The van der Waals surface area contributed by atoms with Crippen molar-refractivity contribution in [1.82, 2.24) is 5.32 Å². The fourth-order valence-electron chi connectivity index (χ4n) is 4.43. The van der Waals surface area contributed by atoms with Crippen molar-refractivity contribution in [3.05, 3.63) is 57.6 Å². The van der Waals surface area contributed by atoms with Crippen LogP contribution in [-0.4, -0.2) is 67.9 Å². The number of thiocarbonyl (C=S) groups is 1. The second kappa shape index (κ2) is 12.0. The molecular weight excluding hydrogens is 498 g/mol. The average molecular weight is 528 g/mol. The van der Waals surface area contributed by atoms with E-state index in [-0.39, 0.29) is 23.0 Å². The van der Waals surface area contributed by atoms with Gasteiger partial charge in [-0.2, -0.15) is 0 Å². The molecule has 2 aromatic carbocycles. The van der Waals surface area contributed by atoms with Crippen LogP contribution in [0.2, 0.25) is 0 Å².